The minimum absolute atomic E-state index is 0.0330. The van der Waals surface area contributed by atoms with Crippen molar-refractivity contribution in [2.45, 2.75) is 20.1 Å². The summed E-state index contributed by atoms with van der Waals surface area (Å²) in [5.74, 6) is -1.68. The molecule has 0 bridgehead atoms. The number of alkyl halides is 2. The lowest BCUT2D eigenvalue weighted by Crippen LogP contribution is -2.03. The van der Waals surface area contributed by atoms with Crippen LogP contribution in [0.2, 0.25) is 0 Å². The van der Waals surface area contributed by atoms with Gasteiger partial charge in [-0.25, -0.2) is 13.8 Å². The van der Waals surface area contributed by atoms with Crippen LogP contribution >= 0.6 is 0 Å². The number of nitrogens with zero attached hydrogens (tertiary/aromatic N) is 2. The minimum Gasteiger partial charge on any atom is -0.473 e. The topological polar surface area (TPSA) is 53.5 Å². The van der Waals surface area contributed by atoms with E-state index < -0.39 is 18.2 Å². The van der Waals surface area contributed by atoms with Crippen molar-refractivity contribution in [1.82, 2.24) is 9.97 Å². The van der Waals surface area contributed by atoms with Crippen LogP contribution in [0.15, 0.2) is 48.7 Å². The van der Waals surface area contributed by atoms with Crippen LogP contribution in [0.4, 0.5) is 17.6 Å². The number of ether oxygens (including phenoxy) is 3. The molecule has 0 aliphatic carbocycles. The zero-order valence-electron chi connectivity index (χ0n) is 14.5. The number of aromatic nitrogens is 2. The quantitative estimate of drug-likeness (QED) is 0.526. The van der Waals surface area contributed by atoms with Gasteiger partial charge in [0.2, 0.25) is 17.6 Å². The number of rotatable bonds is 7. The van der Waals surface area contributed by atoms with Gasteiger partial charge in [0.05, 0.1) is 0 Å². The van der Waals surface area contributed by atoms with Crippen molar-refractivity contribution in [1.29, 1.82) is 0 Å². The number of halogens is 4. The van der Waals surface area contributed by atoms with Gasteiger partial charge in [-0.3, -0.25) is 0 Å². The highest BCUT2D eigenvalue weighted by Gasteiger charge is 2.09. The molecular formula is C19H14F4N2O3. The van der Waals surface area contributed by atoms with Gasteiger partial charge in [-0.05, 0) is 36.2 Å². The van der Waals surface area contributed by atoms with Crippen molar-refractivity contribution in [3.63, 3.8) is 0 Å². The lowest BCUT2D eigenvalue weighted by Gasteiger charge is -2.10. The van der Waals surface area contributed by atoms with Gasteiger partial charge in [0, 0.05) is 24.4 Å². The fourth-order valence-electron chi connectivity index (χ4n) is 2.25. The molecule has 9 heteroatoms. The monoisotopic (exact) mass is 394 g/mol. The number of hydrogen-bond donors (Lipinski definition) is 0. The van der Waals surface area contributed by atoms with Crippen LogP contribution in [0, 0.1) is 18.6 Å². The summed E-state index contributed by atoms with van der Waals surface area (Å²) in [6, 6.07) is 9.32. The Labute approximate surface area is 157 Å². The molecule has 3 rings (SSSR count). The molecule has 0 radical (unpaired) electrons. The van der Waals surface area contributed by atoms with E-state index in [1.807, 2.05) is 0 Å². The van der Waals surface area contributed by atoms with Gasteiger partial charge in [0.25, 0.3) is 0 Å². The highest BCUT2D eigenvalue weighted by Crippen LogP contribution is 2.26. The van der Waals surface area contributed by atoms with Crippen molar-refractivity contribution in [3.8, 4) is 23.4 Å². The van der Waals surface area contributed by atoms with Crippen molar-refractivity contribution in [3.05, 3.63) is 71.4 Å². The molecule has 0 saturated heterocycles. The van der Waals surface area contributed by atoms with E-state index in [1.54, 1.807) is 19.1 Å². The zero-order valence-corrected chi connectivity index (χ0v) is 14.5. The fraction of sp³-hybridized carbons (Fsp3) is 0.158. The molecule has 0 aliphatic rings. The van der Waals surface area contributed by atoms with Gasteiger partial charge in [0.1, 0.15) is 12.4 Å². The van der Waals surface area contributed by atoms with E-state index in [0.717, 1.165) is 17.7 Å². The summed E-state index contributed by atoms with van der Waals surface area (Å²) in [5, 5.41) is 0. The van der Waals surface area contributed by atoms with Crippen molar-refractivity contribution < 1.29 is 31.8 Å². The molecule has 146 valence electrons. The molecule has 1 aromatic carbocycles. The Bertz CT molecular complexity index is 970. The number of pyridine rings is 2. The summed E-state index contributed by atoms with van der Waals surface area (Å²) >= 11 is 0. The molecule has 0 atom stereocenters. The summed E-state index contributed by atoms with van der Waals surface area (Å²) in [7, 11) is 0. The van der Waals surface area contributed by atoms with E-state index >= 15 is 0 Å². The van der Waals surface area contributed by atoms with E-state index in [9.17, 15) is 17.6 Å². The smallest absolute Gasteiger partial charge is 0.388 e. The van der Waals surface area contributed by atoms with Crippen molar-refractivity contribution in [2.24, 2.45) is 0 Å². The average Bonchev–Trinajstić information content (AvgIpc) is 2.62. The minimum atomic E-state index is -3.00. The maximum Gasteiger partial charge on any atom is 0.388 e. The Balaban J connectivity index is 1.71. The lowest BCUT2D eigenvalue weighted by molar-refractivity contribution is -0.0529. The van der Waals surface area contributed by atoms with E-state index in [4.69, 9.17) is 9.47 Å². The van der Waals surface area contributed by atoms with Gasteiger partial charge in [-0.15, -0.1) is 0 Å². The first kappa shape index (κ1) is 19.4. The number of hydrogen-bond acceptors (Lipinski definition) is 5. The fourth-order valence-corrected chi connectivity index (χ4v) is 2.25. The normalized spacial score (nSPS) is 10.8. The van der Waals surface area contributed by atoms with Gasteiger partial charge in [-0.1, -0.05) is 6.07 Å². The molecule has 0 saturated carbocycles. The molecule has 0 aliphatic heterocycles. The largest absolute Gasteiger partial charge is 0.473 e. The molecule has 0 N–H and O–H groups in total. The van der Waals surface area contributed by atoms with Crippen molar-refractivity contribution >= 4 is 0 Å². The van der Waals surface area contributed by atoms with Crippen LogP contribution in [-0.4, -0.2) is 16.6 Å². The molecule has 3 aromatic rings. The van der Waals surface area contributed by atoms with Crippen LogP contribution in [-0.2, 0) is 6.61 Å². The summed E-state index contributed by atoms with van der Waals surface area (Å²) in [4.78, 5) is 7.80. The van der Waals surface area contributed by atoms with Gasteiger partial charge in [-0.2, -0.15) is 13.8 Å². The van der Waals surface area contributed by atoms with Crippen LogP contribution in [0.5, 0.6) is 23.4 Å². The number of aryl methyl sites for hydroxylation is 1. The molecule has 2 heterocycles. The van der Waals surface area contributed by atoms with E-state index in [2.05, 4.69) is 14.7 Å². The van der Waals surface area contributed by atoms with Crippen molar-refractivity contribution in [2.75, 3.05) is 0 Å². The molecular weight excluding hydrogens is 380 g/mol. The second-order valence-corrected chi connectivity index (χ2v) is 5.67. The van der Waals surface area contributed by atoms with Gasteiger partial charge >= 0.3 is 6.61 Å². The molecule has 0 fully saturated rings. The number of benzene rings is 1. The Morgan fingerprint density at radius 2 is 1.71 bits per heavy atom. The third-order valence-corrected chi connectivity index (χ3v) is 3.43. The molecule has 0 amide bonds. The van der Waals surface area contributed by atoms with Gasteiger partial charge < -0.3 is 14.2 Å². The first-order valence-corrected chi connectivity index (χ1v) is 8.03. The zero-order chi connectivity index (χ0) is 20.1. The van der Waals surface area contributed by atoms with E-state index in [1.165, 1.54) is 24.4 Å². The van der Waals surface area contributed by atoms with Gasteiger partial charge in [0.15, 0.2) is 11.6 Å². The molecule has 0 spiro atoms. The van der Waals surface area contributed by atoms with Crippen LogP contribution in [0.3, 0.4) is 0 Å². The average molecular weight is 394 g/mol. The Morgan fingerprint density at radius 1 is 0.929 bits per heavy atom. The SMILES string of the molecule is Cc1cc(OCc2ccc(F)c(F)c2)nc(Oc2ccnc(OC(F)F)c2)c1. The predicted octanol–water partition coefficient (Wildman–Crippen LogP) is 5.04. The van der Waals surface area contributed by atoms with Crippen LogP contribution in [0.25, 0.3) is 0 Å². The maximum atomic E-state index is 13.3. The Hall–Kier alpha value is -3.36. The highest BCUT2D eigenvalue weighted by atomic mass is 19.3. The molecule has 28 heavy (non-hydrogen) atoms. The standard InChI is InChI=1S/C19H14F4N2O3/c1-11-6-17(26-10-12-2-3-14(20)15(21)8-12)25-18(7-11)27-13-4-5-24-16(9-13)28-19(22)23/h2-9,19H,10H2,1H3. The summed E-state index contributed by atoms with van der Waals surface area (Å²) < 4.78 is 66.1. The third-order valence-electron chi connectivity index (χ3n) is 3.43. The van der Waals surface area contributed by atoms with E-state index in [-0.39, 0.29) is 30.0 Å². The first-order valence-electron chi connectivity index (χ1n) is 8.03. The van der Waals surface area contributed by atoms with Crippen LogP contribution in [0.1, 0.15) is 11.1 Å². The Kier molecular flexibility index (Phi) is 5.93. The second-order valence-electron chi connectivity index (χ2n) is 5.67. The third kappa shape index (κ3) is 5.32. The maximum absolute atomic E-state index is 13.3. The lowest BCUT2D eigenvalue weighted by atomic mass is 10.2. The summed E-state index contributed by atoms with van der Waals surface area (Å²) in [6.45, 7) is -1.26. The molecule has 0 unspecified atom stereocenters. The molecule has 5 nitrogen and oxygen atoms in total. The highest BCUT2D eigenvalue weighted by molar-refractivity contribution is 5.33. The second kappa shape index (κ2) is 8.55. The van der Waals surface area contributed by atoms with Crippen LogP contribution < -0.4 is 14.2 Å². The Morgan fingerprint density at radius 3 is 2.46 bits per heavy atom. The summed E-state index contributed by atoms with van der Waals surface area (Å²) in [6.07, 6.45) is 1.25. The first-order chi connectivity index (χ1) is 13.4. The molecule has 2 aromatic heterocycles. The van der Waals surface area contributed by atoms with E-state index in [0.29, 0.717) is 5.56 Å². The summed E-state index contributed by atoms with van der Waals surface area (Å²) in [5.41, 5.74) is 1.18. The predicted molar refractivity (Wildman–Crippen MR) is 90.6 cm³/mol.